The third kappa shape index (κ3) is 3.50. The van der Waals surface area contributed by atoms with Crippen molar-refractivity contribution >= 4 is 40.8 Å². The van der Waals surface area contributed by atoms with E-state index in [2.05, 4.69) is 10.5 Å². The van der Waals surface area contributed by atoms with Gasteiger partial charge in [-0.1, -0.05) is 34.4 Å². The summed E-state index contributed by atoms with van der Waals surface area (Å²) in [7, 11) is 0. The zero-order chi connectivity index (χ0) is 18.2. The predicted octanol–water partition coefficient (Wildman–Crippen LogP) is 3.46. The van der Waals surface area contributed by atoms with E-state index in [0.29, 0.717) is 40.2 Å². The van der Waals surface area contributed by atoms with Crippen LogP contribution in [0.5, 0.6) is 0 Å². The molecule has 0 saturated carbocycles. The SMILES string of the molecule is Cc1cc(NC(=O)C2(C)CCN2C(=O)Cc2ccc(Cl)cc2Cl)no1. The largest absolute Gasteiger partial charge is 0.360 e. The van der Waals surface area contributed by atoms with Gasteiger partial charge in [-0.2, -0.15) is 0 Å². The highest BCUT2D eigenvalue weighted by Crippen LogP contribution is 2.33. The van der Waals surface area contributed by atoms with Gasteiger partial charge in [-0.3, -0.25) is 9.59 Å². The Bertz CT molecular complexity index is 836. The van der Waals surface area contributed by atoms with E-state index in [1.54, 1.807) is 43.0 Å². The number of rotatable bonds is 4. The molecule has 1 unspecified atom stereocenters. The van der Waals surface area contributed by atoms with Crippen LogP contribution in [0.25, 0.3) is 0 Å². The first kappa shape index (κ1) is 17.8. The fraction of sp³-hybridized carbons (Fsp3) is 0.353. The van der Waals surface area contributed by atoms with E-state index in [0.717, 1.165) is 0 Å². The van der Waals surface area contributed by atoms with Crippen molar-refractivity contribution in [3.63, 3.8) is 0 Å². The van der Waals surface area contributed by atoms with E-state index in [1.165, 1.54) is 0 Å². The lowest BCUT2D eigenvalue weighted by Crippen LogP contribution is -2.66. The molecule has 3 rings (SSSR count). The minimum Gasteiger partial charge on any atom is -0.360 e. The number of aryl methyl sites for hydroxylation is 1. The van der Waals surface area contributed by atoms with Crippen LogP contribution >= 0.6 is 23.2 Å². The maximum Gasteiger partial charge on any atom is 0.251 e. The van der Waals surface area contributed by atoms with Crippen molar-refractivity contribution in [2.75, 3.05) is 11.9 Å². The zero-order valence-corrected chi connectivity index (χ0v) is 15.3. The molecule has 0 aliphatic carbocycles. The second-order valence-corrected chi connectivity index (χ2v) is 7.10. The molecule has 1 aromatic carbocycles. The molecule has 0 bridgehead atoms. The lowest BCUT2D eigenvalue weighted by atomic mass is 9.85. The summed E-state index contributed by atoms with van der Waals surface area (Å²) in [5, 5.41) is 7.38. The number of likely N-dealkylation sites (tertiary alicyclic amines) is 1. The first-order valence-corrected chi connectivity index (χ1v) is 8.54. The summed E-state index contributed by atoms with van der Waals surface area (Å²) in [5.74, 6) is 0.482. The van der Waals surface area contributed by atoms with Crippen LogP contribution in [0.1, 0.15) is 24.7 Å². The number of halogens is 2. The summed E-state index contributed by atoms with van der Waals surface area (Å²) in [6, 6.07) is 6.63. The predicted molar refractivity (Wildman–Crippen MR) is 94.8 cm³/mol. The molecule has 1 N–H and O–H groups in total. The van der Waals surface area contributed by atoms with Crippen molar-refractivity contribution in [3.8, 4) is 0 Å². The average molecular weight is 382 g/mol. The van der Waals surface area contributed by atoms with Gasteiger partial charge in [-0.25, -0.2) is 0 Å². The molecule has 1 atom stereocenters. The van der Waals surface area contributed by atoms with Gasteiger partial charge < -0.3 is 14.7 Å². The smallest absolute Gasteiger partial charge is 0.251 e. The molecular weight excluding hydrogens is 365 g/mol. The second kappa shape index (κ2) is 6.69. The Morgan fingerprint density at radius 3 is 2.68 bits per heavy atom. The highest BCUT2D eigenvalue weighted by atomic mass is 35.5. The van der Waals surface area contributed by atoms with Crippen LogP contribution in [0.3, 0.4) is 0 Å². The molecule has 1 aliphatic heterocycles. The van der Waals surface area contributed by atoms with E-state index >= 15 is 0 Å². The maximum atomic E-state index is 12.6. The number of hydrogen-bond donors (Lipinski definition) is 1. The van der Waals surface area contributed by atoms with Gasteiger partial charge in [0.2, 0.25) is 5.91 Å². The summed E-state index contributed by atoms with van der Waals surface area (Å²) >= 11 is 12.0. The van der Waals surface area contributed by atoms with Gasteiger partial charge in [0.05, 0.1) is 6.42 Å². The Hall–Kier alpha value is -2.05. The summed E-state index contributed by atoms with van der Waals surface area (Å²) in [4.78, 5) is 26.8. The monoisotopic (exact) mass is 381 g/mol. The fourth-order valence-electron chi connectivity index (χ4n) is 2.79. The van der Waals surface area contributed by atoms with Crippen LogP contribution in [0.15, 0.2) is 28.8 Å². The molecule has 0 radical (unpaired) electrons. The van der Waals surface area contributed by atoms with Gasteiger partial charge in [-0.15, -0.1) is 0 Å². The number of benzene rings is 1. The lowest BCUT2D eigenvalue weighted by molar-refractivity contribution is -0.154. The van der Waals surface area contributed by atoms with Gasteiger partial charge in [0.1, 0.15) is 11.3 Å². The van der Waals surface area contributed by atoms with Crippen molar-refractivity contribution < 1.29 is 14.1 Å². The third-order valence-electron chi connectivity index (χ3n) is 4.43. The number of amides is 2. The van der Waals surface area contributed by atoms with Gasteiger partial charge >= 0.3 is 0 Å². The standard InChI is InChI=1S/C17H17Cl2N3O3/c1-10-7-14(21-25-10)20-16(24)17(2)5-6-22(17)15(23)8-11-3-4-12(18)9-13(11)19/h3-4,7,9H,5-6,8H2,1-2H3,(H,20,21,24). The van der Waals surface area contributed by atoms with Gasteiger partial charge in [0.15, 0.2) is 5.82 Å². The number of hydrogen-bond acceptors (Lipinski definition) is 4. The topological polar surface area (TPSA) is 75.4 Å². The quantitative estimate of drug-likeness (QED) is 0.879. The lowest BCUT2D eigenvalue weighted by Gasteiger charge is -2.49. The second-order valence-electron chi connectivity index (χ2n) is 6.26. The number of nitrogens with one attached hydrogen (secondary N) is 1. The van der Waals surface area contributed by atoms with Crippen molar-refractivity contribution in [2.24, 2.45) is 0 Å². The molecule has 1 fully saturated rings. The molecule has 8 heteroatoms. The van der Waals surface area contributed by atoms with Crippen LogP contribution in [-0.2, 0) is 16.0 Å². The third-order valence-corrected chi connectivity index (χ3v) is 5.02. The number of carbonyl (C=O) groups is 2. The number of carbonyl (C=O) groups excluding carboxylic acids is 2. The van der Waals surface area contributed by atoms with E-state index in [-0.39, 0.29) is 18.2 Å². The van der Waals surface area contributed by atoms with E-state index in [1.807, 2.05) is 0 Å². The first-order valence-electron chi connectivity index (χ1n) is 7.79. The molecule has 2 heterocycles. The summed E-state index contributed by atoms with van der Waals surface area (Å²) in [6.07, 6.45) is 0.692. The molecule has 1 saturated heterocycles. The summed E-state index contributed by atoms with van der Waals surface area (Å²) < 4.78 is 4.94. The van der Waals surface area contributed by atoms with Crippen molar-refractivity contribution in [1.29, 1.82) is 0 Å². The Kier molecular flexibility index (Phi) is 4.75. The van der Waals surface area contributed by atoms with Crippen LogP contribution in [-0.4, -0.2) is 34.0 Å². The average Bonchev–Trinajstić information content (AvgIpc) is 2.93. The summed E-state index contributed by atoms with van der Waals surface area (Å²) in [6.45, 7) is 3.99. The van der Waals surface area contributed by atoms with Crippen LogP contribution < -0.4 is 5.32 Å². The molecule has 132 valence electrons. The number of nitrogens with zero attached hydrogens (tertiary/aromatic N) is 2. The fourth-order valence-corrected chi connectivity index (χ4v) is 3.27. The Morgan fingerprint density at radius 1 is 1.36 bits per heavy atom. The van der Waals surface area contributed by atoms with Gasteiger partial charge in [-0.05, 0) is 38.0 Å². The first-order chi connectivity index (χ1) is 11.8. The highest BCUT2D eigenvalue weighted by molar-refractivity contribution is 6.35. The van der Waals surface area contributed by atoms with Gasteiger partial charge in [0.25, 0.3) is 5.91 Å². The minimum atomic E-state index is -0.914. The van der Waals surface area contributed by atoms with Crippen molar-refractivity contribution in [3.05, 3.63) is 45.6 Å². The minimum absolute atomic E-state index is 0.113. The van der Waals surface area contributed by atoms with Crippen LogP contribution in [0, 0.1) is 6.92 Å². The van der Waals surface area contributed by atoms with E-state index in [9.17, 15) is 9.59 Å². The molecule has 25 heavy (non-hydrogen) atoms. The zero-order valence-electron chi connectivity index (χ0n) is 13.8. The van der Waals surface area contributed by atoms with Crippen LogP contribution in [0.2, 0.25) is 10.0 Å². The van der Waals surface area contributed by atoms with E-state index < -0.39 is 5.54 Å². The Morgan fingerprint density at radius 2 is 2.12 bits per heavy atom. The molecule has 0 spiro atoms. The van der Waals surface area contributed by atoms with Crippen LogP contribution in [0.4, 0.5) is 5.82 Å². The normalized spacial score (nSPS) is 19.4. The molecule has 2 aromatic rings. The molecule has 6 nitrogen and oxygen atoms in total. The maximum absolute atomic E-state index is 12.6. The molecule has 2 amide bonds. The number of aromatic nitrogens is 1. The molecule has 1 aromatic heterocycles. The highest BCUT2D eigenvalue weighted by Gasteiger charge is 2.49. The molecule has 1 aliphatic rings. The van der Waals surface area contributed by atoms with E-state index in [4.69, 9.17) is 27.7 Å². The Labute approximate surface area is 155 Å². The van der Waals surface area contributed by atoms with Crippen molar-refractivity contribution in [2.45, 2.75) is 32.2 Å². The van der Waals surface area contributed by atoms with Gasteiger partial charge in [0, 0.05) is 22.7 Å². The Balaban J connectivity index is 1.69. The van der Waals surface area contributed by atoms with Crippen molar-refractivity contribution in [1.82, 2.24) is 10.1 Å². The number of anilines is 1. The molecular formula is C17H17Cl2N3O3. The summed E-state index contributed by atoms with van der Waals surface area (Å²) in [5.41, 5.74) is -0.235.